The number of nitrogens with one attached hydrogen (secondary N) is 1. The third-order valence-corrected chi connectivity index (χ3v) is 5.40. The molecular weight excluding hydrogens is 368 g/mol. The quantitative estimate of drug-likeness (QED) is 0.458. The van der Waals surface area contributed by atoms with E-state index in [0.717, 1.165) is 25.8 Å². The van der Waals surface area contributed by atoms with Crippen LogP contribution in [0.15, 0.2) is 0 Å². The molecule has 3 heterocycles. The zero-order valence-electron chi connectivity index (χ0n) is 14.5. The molecule has 0 saturated carbocycles. The van der Waals surface area contributed by atoms with Crippen LogP contribution >= 0.6 is 0 Å². The van der Waals surface area contributed by atoms with Gasteiger partial charge in [0.05, 0.1) is 19.7 Å². The Kier molecular flexibility index (Phi) is 5.67. The zero-order chi connectivity index (χ0) is 18.9. The maximum Gasteiger partial charge on any atom is 0.418 e. The summed E-state index contributed by atoms with van der Waals surface area (Å²) in [6.07, 6.45) is 3.87. The minimum absolute atomic E-state index is 0.137. The second kappa shape index (κ2) is 7.64. The molecule has 3 amide bonds. The summed E-state index contributed by atoms with van der Waals surface area (Å²) in [5, 5.41) is 5.22. The van der Waals surface area contributed by atoms with Crippen molar-refractivity contribution >= 4 is 22.3 Å². The summed E-state index contributed by atoms with van der Waals surface area (Å²) in [6, 6.07) is -1.89. The molecule has 0 aromatic heterocycles. The normalized spacial score (nSPS) is 29.2. The summed E-state index contributed by atoms with van der Waals surface area (Å²) in [5.74, 6) is -0.347. The number of hydrogen-bond acceptors (Lipinski definition) is 7. The van der Waals surface area contributed by atoms with Crippen LogP contribution in [-0.2, 0) is 24.3 Å². The van der Waals surface area contributed by atoms with E-state index in [2.05, 4.69) is 9.60 Å². The Morgan fingerprint density at radius 3 is 2.73 bits per heavy atom. The van der Waals surface area contributed by atoms with Crippen LogP contribution in [0.5, 0.6) is 0 Å². The van der Waals surface area contributed by atoms with Gasteiger partial charge in [0.15, 0.2) is 0 Å². The number of piperidine rings is 2. The maximum absolute atomic E-state index is 12.9. The molecule has 0 aromatic rings. The lowest BCUT2D eigenvalue weighted by atomic mass is 9.99. The first kappa shape index (κ1) is 19.3. The molecule has 26 heavy (non-hydrogen) atoms. The smallest absolute Gasteiger partial charge is 0.312 e. The molecule has 0 aliphatic carbocycles. The molecular formula is C14H24N4O7S. The number of hydroxylamine groups is 4. The van der Waals surface area contributed by atoms with Crippen molar-refractivity contribution in [1.82, 2.24) is 20.3 Å². The average molecular weight is 392 g/mol. The van der Waals surface area contributed by atoms with Crippen molar-refractivity contribution in [3.8, 4) is 0 Å². The van der Waals surface area contributed by atoms with Gasteiger partial charge in [-0.3, -0.25) is 14.2 Å². The first-order valence-corrected chi connectivity index (χ1v) is 10.0. The minimum atomic E-state index is -4.81. The molecule has 11 nitrogen and oxygen atoms in total. The molecule has 3 unspecified atom stereocenters. The standard InChI is InChI=1S/C14H24N4O7S/c1-24-17(8-10-4-2-3-7-15-10)13(19)12-6-5-11-9-16(12)14(20)18(11)25-26(21,22)23/h10-12,15H,2-9H2,1H3,(H,21,22,23). The fourth-order valence-electron chi connectivity index (χ4n) is 3.79. The van der Waals surface area contributed by atoms with E-state index in [0.29, 0.717) is 24.4 Å². The summed E-state index contributed by atoms with van der Waals surface area (Å²) in [4.78, 5) is 31.8. The molecule has 12 heteroatoms. The molecule has 3 rings (SSSR count). The zero-order valence-corrected chi connectivity index (χ0v) is 15.4. The molecule has 2 bridgehead atoms. The van der Waals surface area contributed by atoms with Gasteiger partial charge < -0.3 is 10.2 Å². The topological polar surface area (TPSA) is 129 Å². The van der Waals surface area contributed by atoms with Gasteiger partial charge >= 0.3 is 16.4 Å². The molecule has 0 radical (unpaired) electrons. The van der Waals surface area contributed by atoms with Gasteiger partial charge in [-0.15, -0.1) is 4.28 Å². The van der Waals surface area contributed by atoms with Crippen LogP contribution in [0.25, 0.3) is 0 Å². The molecule has 0 aromatic carbocycles. The van der Waals surface area contributed by atoms with Crippen molar-refractivity contribution in [3.05, 3.63) is 0 Å². The molecule has 2 N–H and O–H groups in total. The Balaban J connectivity index is 1.67. The number of nitrogens with zero attached hydrogens (tertiary/aromatic N) is 3. The van der Waals surface area contributed by atoms with Crippen molar-refractivity contribution in [2.24, 2.45) is 0 Å². The van der Waals surface area contributed by atoms with Gasteiger partial charge in [0, 0.05) is 12.6 Å². The molecule has 3 atom stereocenters. The van der Waals surface area contributed by atoms with Crippen LogP contribution in [0.3, 0.4) is 0 Å². The molecule has 3 aliphatic rings. The minimum Gasteiger partial charge on any atom is -0.312 e. The van der Waals surface area contributed by atoms with Crippen LogP contribution in [0.1, 0.15) is 32.1 Å². The lowest BCUT2D eigenvalue weighted by Gasteiger charge is -2.35. The van der Waals surface area contributed by atoms with E-state index in [4.69, 9.17) is 9.39 Å². The van der Waals surface area contributed by atoms with E-state index in [1.54, 1.807) is 0 Å². The fourth-order valence-corrected chi connectivity index (χ4v) is 4.18. The molecule has 3 saturated heterocycles. The second-order valence-corrected chi connectivity index (χ2v) is 7.74. The van der Waals surface area contributed by atoms with E-state index in [9.17, 15) is 18.0 Å². The third-order valence-electron chi connectivity index (χ3n) is 5.05. The molecule has 148 valence electrons. The Morgan fingerprint density at radius 1 is 1.35 bits per heavy atom. The fraction of sp³-hybridized carbons (Fsp3) is 0.857. The summed E-state index contributed by atoms with van der Waals surface area (Å²) in [7, 11) is -3.40. The van der Waals surface area contributed by atoms with E-state index >= 15 is 0 Å². The third kappa shape index (κ3) is 4.09. The van der Waals surface area contributed by atoms with E-state index in [-0.39, 0.29) is 18.5 Å². The van der Waals surface area contributed by atoms with Crippen molar-refractivity contribution in [1.29, 1.82) is 0 Å². The molecule has 3 aliphatic heterocycles. The highest BCUT2D eigenvalue weighted by atomic mass is 32.3. The van der Waals surface area contributed by atoms with Gasteiger partial charge in [-0.05, 0) is 32.2 Å². The first-order valence-electron chi connectivity index (χ1n) is 8.66. The predicted octanol–water partition coefficient (Wildman–Crippen LogP) is -0.478. The highest BCUT2D eigenvalue weighted by Crippen LogP contribution is 2.31. The number of carbonyl (C=O) groups excluding carboxylic acids is 2. The first-order chi connectivity index (χ1) is 12.3. The van der Waals surface area contributed by atoms with Crippen molar-refractivity contribution < 1.29 is 31.7 Å². The monoisotopic (exact) mass is 392 g/mol. The predicted molar refractivity (Wildman–Crippen MR) is 87.7 cm³/mol. The van der Waals surface area contributed by atoms with E-state index < -0.39 is 28.5 Å². The highest BCUT2D eigenvalue weighted by molar-refractivity contribution is 7.80. The van der Waals surface area contributed by atoms with Crippen LogP contribution in [0.4, 0.5) is 4.79 Å². The summed E-state index contributed by atoms with van der Waals surface area (Å²) in [6.45, 7) is 1.43. The summed E-state index contributed by atoms with van der Waals surface area (Å²) >= 11 is 0. The van der Waals surface area contributed by atoms with E-state index in [1.807, 2.05) is 0 Å². The van der Waals surface area contributed by atoms with Crippen LogP contribution in [-0.4, -0.2) is 84.8 Å². The van der Waals surface area contributed by atoms with Gasteiger partial charge in [0.1, 0.15) is 6.04 Å². The maximum atomic E-state index is 12.9. The number of hydrogen-bond donors (Lipinski definition) is 2. The Labute approximate surface area is 152 Å². The molecule has 0 spiro atoms. The average Bonchev–Trinajstić information content (AvgIpc) is 2.84. The van der Waals surface area contributed by atoms with Crippen LogP contribution in [0.2, 0.25) is 0 Å². The number of amides is 3. The van der Waals surface area contributed by atoms with Crippen LogP contribution in [0, 0.1) is 0 Å². The van der Waals surface area contributed by atoms with Crippen molar-refractivity contribution in [3.63, 3.8) is 0 Å². The highest BCUT2D eigenvalue weighted by Gasteiger charge is 2.50. The Morgan fingerprint density at radius 2 is 2.12 bits per heavy atom. The number of fused-ring (bicyclic) bond motifs is 2. The number of urea groups is 1. The van der Waals surface area contributed by atoms with Gasteiger partial charge in [-0.1, -0.05) is 6.42 Å². The van der Waals surface area contributed by atoms with Gasteiger partial charge in [0.2, 0.25) is 0 Å². The Hall–Kier alpha value is -1.47. The number of rotatable bonds is 6. The van der Waals surface area contributed by atoms with Gasteiger partial charge in [-0.2, -0.15) is 13.5 Å². The summed E-state index contributed by atoms with van der Waals surface area (Å²) < 4.78 is 35.1. The second-order valence-electron chi connectivity index (χ2n) is 6.74. The van der Waals surface area contributed by atoms with E-state index in [1.165, 1.54) is 17.1 Å². The number of carbonyl (C=O) groups is 2. The van der Waals surface area contributed by atoms with Gasteiger partial charge in [0.25, 0.3) is 5.91 Å². The SMILES string of the molecule is CON(CC1CCCCN1)C(=O)C1CCC2CN1C(=O)N2OS(=O)(=O)O. The largest absolute Gasteiger partial charge is 0.418 e. The van der Waals surface area contributed by atoms with Crippen molar-refractivity contribution in [2.45, 2.75) is 50.2 Å². The van der Waals surface area contributed by atoms with Gasteiger partial charge in [-0.25, -0.2) is 9.86 Å². The lowest BCUT2D eigenvalue weighted by Crippen LogP contribution is -2.54. The lowest BCUT2D eigenvalue weighted by molar-refractivity contribution is -0.183. The summed E-state index contributed by atoms with van der Waals surface area (Å²) in [5.41, 5.74) is 0. The Bertz CT molecular complexity index is 652. The van der Waals surface area contributed by atoms with Crippen LogP contribution < -0.4 is 5.32 Å². The van der Waals surface area contributed by atoms with Crippen molar-refractivity contribution in [2.75, 3.05) is 26.7 Å². The molecule has 3 fully saturated rings.